The lowest BCUT2D eigenvalue weighted by atomic mass is 10.1. The maximum atomic E-state index is 9.14. The van der Waals surface area contributed by atoms with Gasteiger partial charge in [-0.05, 0) is 48.9 Å². The minimum absolute atomic E-state index is 0.0747. The molecule has 0 heterocycles. The van der Waals surface area contributed by atoms with Crippen LogP contribution in [-0.4, -0.2) is 43.1 Å². The number of aliphatic hydroxyl groups is 2. The van der Waals surface area contributed by atoms with Crippen molar-refractivity contribution in [3.05, 3.63) is 59.8 Å². The molecule has 0 aliphatic rings. The Morgan fingerprint density at radius 2 is 1.70 bits per heavy atom. The highest BCUT2D eigenvalue weighted by Gasteiger charge is 2.04. The molecule has 150 valence electrons. The summed E-state index contributed by atoms with van der Waals surface area (Å²) in [5.41, 5.74) is 3.28. The second-order valence-corrected chi connectivity index (χ2v) is 6.50. The maximum absolute atomic E-state index is 9.14. The van der Waals surface area contributed by atoms with E-state index in [0.717, 1.165) is 23.4 Å². The molecule has 27 heavy (non-hydrogen) atoms. The Morgan fingerprint density at radius 1 is 1.00 bits per heavy atom. The molecule has 0 radical (unpaired) electrons. The summed E-state index contributed by atoms with van der Waals surface area (Å²) in [6.07, 6.45) is 15.5. The van der Waals surface area contributed by atoms with Crippen LogP contribution in [0.25, 0.3) is 6.08 Å². The molecule has 1 rings (SSSR count). The van der Waals surface area contributed by atoms with Gasteiger partial charge in [0, 0.05) is 25.3 Å². The summed E-state index contributed by atoms with van der Waals surface area (Å²) in [5, 5.41) is 21.6. The van der Waals surface area contributed by atoms with Crippen LogP contribution in [0.3, 0.4) is 0 Å². The van der Waals surface area contributed by atoms with Gasteiger partial charge in [0.15, 0.2) is 0 Å². The smallest absolute Gasteiger partial charge is 0.0606 e. The van der Waals surface area contributed by atoms with Crippen molar-refractivity contribution in [1.29, 1.82) is 0 Å². The lowest BCUT2D eigenvalue weighted by molar-refractivity contribution is 0.281. The molecule has 4 heteroatoms. The van der Waals surface area contributed by atoms with Crippen LogP contribution in [0.4, 0.5) is 5.69 Å². The fourth-order valence-electron chi connectivity index (χ4n) is 2.74. The summed E-state index contributed by atoms with van der Waals surface area (Å²) in [5.74, 6) is 0. The molecule has 0 bridgehead atoms. The van der Waals surface area contributed by atoms with Crippen molar-refractivity contribution in [1.82, 2.24) is 5.32 Å². The van der Waals surface area contributed by atoms with Gasteiger partial charge in [0.05, 0.1) is 13.2 Å². The van der Waals surface area contributed by atoms with Crippen molar-refractivity contribution in [2.24, 2.45) is 0 Å². The molecule has 0 aliphatic carbocycles. The molecule has 0 atom stereocenters. The van der Waals surface area contributed by atoms with Crippen molar-refractivity contribution < 1.29 is 10.2 Å². The molecule has 4 nitrogen and oxygen atoms in total. The number of rotatable bonds is 14. The Bertz CT molecular complexity index is 571. The van der Waals surface area contributed by atoms with Crippen LogP contribution >= 0.6 is 0 Å². The lowest BCUT2D eigenvalue weighted by Crippen LogP contribution is -2.29. The van der Waals surface area contributed by atoms with E-state index >= 15 is 0 Å². The van der Waals surface area contributed by atoms with E-state index in [9.17, 15) is 0 Å². The predicted octanol–water partition coefficient (Wildman–Crippen LogP) is 4.12. The van der Waals surface area contributed by atoms with Gasteiger partial charge in [-0.25, -0.2) is 0 Å². The van der Waals surface area contributed by atoms with E-state index in [-0.39, 0.29) is 13.2 Å². The van der Waals surface area contributed by atoms with E-state index in [1.165, 1.54) is 25.7 Å². The molecule has 1 aromatic rings. The number of allylic oxidation sites excluding steroid dienone is 4. The van der Waals surface area contributed by atoms with Gasteiger partial charge in [0.25, 0.3) is 0 Å². The first-order valence-electron chi connectivity index (χ1n) is 10.1. The van der Waals surface area contributed by atoms with E-state index in [2.05, 4.69) is 48.7 Å². The Morgan fingerprint density at radius 3 is 2.30 bits per heavy atom. The summed E-state index contributed by atoms with van der Waals surface area (Å²) in [4.78, 5) is 1.97. The van der Waals surface area contributed by atoms with Crippen LogP contribution in [0.15, 0.2) is 54.3 Å². The zero-order valence-corrected chi connectivity index (χ0v) is 16.9. The zero-order valence-electron chi connectivity index (χ0n) is 16.9. The van der Waals surface area contributed by atoms with Crippen molar-refractivity contribution >= 4 is 11.8 Å². The predicted molar refractivity (Wildman–Crippen MR) is 117 cm³/mol. The minimum atomic E-state index is 0.0747. The normalized spacial score (nSPS) is 12.2. The lowest BCUT2D eigenvalue weighted by Gasteiger charge is -2.22. The fraction of sp³-hybridized carbons (Fsp3) is 0.478. The summed E-state index contributed by atoms with van der Waals surface area (Å²) in [6, 6.07) is 8.15. The quantitative estimate of drug-likeness (QED) is 0.340. The van der Waals surface area contributed by atoms with Crippen LogP contribution in [0, 0.1) is 0 Å². The fourth-order valence-corrected chi connectivity index (χ4v) is 2.74. The summed E-state index contributed by atoms with van der Waals surface area (Å²) in [6.45, 7) is 6.48. The molecular formula is C23H36N2O2. The SMILES string of the molecule is C/C=C(\C=C/NCCCCCC)/C=C/c1ccc(N(CCO)CCO)cc1. The number of anilines is 1. The molecule has 0 spiro atoms. The van der Waals surface area contributed by atoms with Gasteiger partial charge in [0.1, 0.15) is 0 Å². The van der Waals surface area contributed by atoms with E-state index in [1.54, 1.807) is 0 Å². The molecule has 1 aromatic carbocycles. The number of hydrogen-bond donors (Lipinski definition) is 3. The van der Waals surface area contributed by atoms with Gasteiger partial charge in [-0.1, -0.05) is 56.5 Å². The second-order valence-electron chi connectivity index (χ2n) is 6.50. The molecular weight excluding hydrogens is 336 g/mol. The molecule has 0 fully saturated rings. The van der Waals surface area contributed by atoms with Gasteiger partial charge >= 0.3 is 0 Å². The van der Waals surface area contributed by atoms with Crippen LogP contribution in [0.1, 0.15) is 45.1 Å². The number of benzene rings is 1. The topological polar surface area (TPSA) is 55.7 Å². The van der Waals surface area contributed by atoms with E-state index in [0.29, 0.717) is 13.1 Å². The first-order chi connectivity index (χ1) is 13.2. The van der Waals surface area contributed by atoms with Gasteiger partial charge < -0.3 is 20.4 Å². The van der Waals surface area contributed by atoms with Gasteiger partial charge in [-0.2, -0.15) is 0 Å². The van der Waals surface area contributed by atoms with Crippen LogP contribution in [0.2, 0.25) is 0 Å². The first kappa shape index (κ1) is 23.0. The molecule has 0 aliphatic heterocycles. The number of unbranched alkanes of at least 4 members (excludes halogenated alkanes) is 3. The highest BCUT2D eigenvalue weighted by atomic mass is 16.3. The number of hydrogen-bond acceptors (Lipinski definition) is 4. The van der Waals surface area contributed by atoms with Gasteiger partial charge in [-0.15, -0.1) is 0 Å². The van der Waals surface area contributed by atoms with Crippen molar-refractivity contribution in [3.8, 4) is 0 Å². The van der Waals surface area contributed by atoms with E-state index < -0.39 is 0 Å². The molecule has 0 unspecified atom stereocenters. The van der Waals surface area contributed by atoms with Crippen molar-refractivity contribution in [2.75, 3.05) is 37.7 Å². The monoisotopic (exact) mass is 372 g/mol. The van der Waals surface area contributed by atoms with Crippen molar-refractivity contribution in [3.63, 3.8) is 0 Å². The molecule has 0 saturated carbocycles. The Kier molecular flexibility index (Phi) is 12.8. The first-order valence-corrected chi connectivity index (χ1v) is 10.1. The third-order valence-electron chi connectivity index (χ3n) is 4.37. The average molecular weight is 373 g/mol. The molecule has 0 aromatic heterocycles. The highest BCUT2D eigenvalue weighted by Crippen LogP contribution is 2.16. The van der Waals surface area contributed by atoms with Crippen LogP contribution in [-0.2, 0) is 0 Å². The minimum Gasteiger partial charge on any atom is -0.395 e. The summed E-state index contributed by atoms with van der Waals surface area (Å²) in [7, 11) is 0. The van der Waals surface area contributed by atoms with E-state index in [4.69, 9.17) is 10.2 Å². The number of nitrogens with one attached hydrogen (secondary N) is 1. The molecule has 0 saturated heterocycles. The summed E-state index contributed by atoms with van der Waals surface area (Å²) >= 11 is 0. The average Bonchev–Trinajstić information content (AvgIpc) is 2.70. The highest BCUT2D eigenvalue weighted by molar-refractivity contribution is 5.58. The number of aliphatic hydroxyl groups excluding tert-OH is 2. The second kappa shape index (κ2) is 15.1. The largest absolute Gasteiger partial charge is 0.395 e. The third-order valence-corrected chi connectivity index (χ3v) is 4.37. The Labute approximate surface area is 164 Å². The zero-order chi connectivity index (χ0) is 19.7. The standard InChI is InChI=1S/C23H36N2O2/c1-3-5-6-7-15-24-16-14-21(4-2)8-9-22-10-12-23(13-11-22)25(17-19-26)18-20-27/h4,8-14,16,24,26-27H,3,5-7,15,17-20H2,1-2H3/b9-8+,16-14-,21-4-. The molecule has 0 amide bonds. The van der Waals surface area contributed by atoms with E-state index in [1.807, 2.05) is 30.2 Å². The van der Waals surface area contributed by atoms with Crippen LogP contribution in [0.5, 0.6) is 0 Å². The van der Waals surface area contributed by atoms with Crippen molar-refractivity contribution in [2.45, 2.75) is 39.5 Å². The Hall–Kier alpha value is -2.04. The maximum Gasteiger partial charge on any atom is 0.0606 e. The third kappa shape index (κ3) is 10.0. The van der Waals surface area contributed by atoms with Gasteiger partial charge in [-0.3, -0.25) is 0 Å². The van der Waals surface area contributed by atoms with Crippen LogP contribution < -0.4 is 10.2 Å². The Balaban J connectivity index is 2.53. The molecule has 3 N–H and O–H groups in total. The summed E-state index contributed by atoms with van der Waals surface area (Å²) < 4.78 is 0. The number of nitrogens with zero attached hydrogens (tertiary/aromatic N) is 1. The van der Waals surface area contributed by atoms with Gasteiger partial charge in [0.2, 0.25) is 0 Å².